The third-order valence-corrected chi connectivity index (χ3v) is 4.56. The number of rotatable bonds is 6. The number of benzene rings is 1. The molecule has 0 N–H and O–H groups in total. The summed E-state index contributed by atoms with van der Waals surface area (Å²) in [5.74, 6) is 0. The Labute approximate surface area is 110 Å². The van der Waals surface area contributed by atoms with Gasteiger partial charge in [0.1, 0.15) is 0 Å². The average molecular weight is 288 g/mol. The van der Waals surface area contributed by atoms with Crippen molar-refractivity contribution in [3.63, 3.8) is 0 Å². The molecule has 0 bridgehead atoms. The van der Waals surface area contributed by atoms with Crippen molar-refractivity contribution < 1.29 is 17.0 Å². The molecule has 0 unspecified atom stereocenters. The Balaban J connectivity index is 2.53. The van der Waals surface area contributed by atoms with Gasteiger partial charge in [0, 0.05) is 0 Å². The van der Waals surface area contributed by atoms with Crippen molar-refractivity contribution in [1.82, 2.24) is 0 Å². The predicted octanol–water partition coefficient (Wildman–Crippen LogP) is 2.55. The van der Waals surface area contributed by atoms with Crippen LogP contribution in [0.5, 0.6) is 0 Å². The van der Waals surface area contributed by atoms with Gasteiger partial charge in [-0.15, -0.1) is 0 Å². The largest absolute Gasteiger partial charge is 0.415 e. The summed E-state index contributed by atoms with van der Waals surface area (Å²) < 4.78 is 34.1. The molecule has 1 aromatic carbocycles. The first-order valence-electron chi connectivity index (χ1n) is 5.81. The Morgan fingerprint density at radius 2 is 1.61 bits per heavy atom. The van der Waals surface area contributed by atoms with Crippen LogP contribution < -0.4 is 0 Å². The van der Waals surface area contributed by atoms with Gasteiger partial charge in [-0.2, -0.15) is 8.42 Å². The van der Waals surface area contributed by atoms with Crippen LogP contribution in [0.2, 0.25) is 19.6 Å². The van der Waals surface area contributed by atoms with Gasteiger partial charge in [0.05, 0.1) is 18.1 Å². The van der Waals surface area contributed by atoms with E-state index < -0.39 is 18.4 Å². The van der Waals surface area contributed by atoms with E-state index in [1.807, 2.05) is 26.6 Å². The molecule has 0 atom stereocenters. The zero-order valence-electron chi connectivity index (χ0n) is 11.3. The number of hydrogen-bond acceptors (Lipinski definition) is 4. The monoisotopic (exact) mass is 288 g/mol. The van der Waals surface area contributed by atoms with Crippen molar-refractivity contribution in [3.8, 4) is 0 Å². The molecule has 1 aromatic rings. The smallest absolute Gasteiger partial charge is 0.297 e. The summed E-state index contributed by atoms with van der Waals surface area (Å²) in [5, 5.41) is 0. The van der Waals surface area contributed by atoms with Crippen molar-refractivity contribution >= 4 is 18.4 Å². The normalized spacial score (nSPS) is 12.7. The van der Waals surface area contributed by atoms with E-state index in [1.54, 1.807) is 24.3 Å². The first kappa shape index (κ1) is 15.4. The van der Waals surface area contributed by atoms with E-state index in [1.165, 1.54) is 0 Å². The van der Waals surface area contributed by atoms with Crippen LogP contribution in [0, 0.1) is 6.92 Å². The number of aryl methyl sites for hydroxylation is 1. The lowest BCUT2D eigenvalue weighted by molar-refractivity contribution is 0.216. The minimum atomic E-state index is -3.66. The molecule has 0 aliphatic heterocycles. The number of hydrogen-bond donors (Lipinski definition) is 0. The Morgan fingerprint density at radius 1 is 1.06 bits per heavy atom. The summed E-state index contributed by atoms with van der Waals surface area (Å²) in [4.78, 5) is 0.182. The van der Waals surface area contributed by atoms with Crippen LogP contribution in [-0.4, -0.2) is 29.9 Å². The van der Waals surface area contributed by atoms with Crippen molar-refractivity contribution in [2.75, 3.05) is 13.2 Å². The molecule has 0 aromatic heterocycles. The molecule has 0 amide bonds. The maximum absolute atomic E-state index is 11.8. The lowest BCUT2D eigenvalue weighted by atomic mass is 10.2. The van der Waals surface area contributed by atoms with Crippen molar-refractivity contribution in [1.29, 1.82) is 0 Å². The highest BCUT2D eigenvalue weighted by molar-refractivity contribution is 7.86. The average Bonchev–Trinajstić information content (AvgIpc) is 2.24. The van der Waals surface area contributed by atoms with Gasteiger partial charge in [0.15, 0.2) is 8.32 Å². The molecular weight excluding hydrogens is 268 g/mol. The molecule has 0 heterocycles. The highest BCUT2D eigenvalue weighted by atomic mass is 32.2. The second-order valence-corrected chi connectivity index (χ2v) is 11.2. The molecule has 4 nitrogen and oxygen atoms in total. The molecule has 0 spiro atoms. The van der Waals surface area contributed by atoms with Gasteiger partial charge in [0.2, 0.25) is 0 Å². The van der Waals surface area contributed by atoms with Crippen molar-refractivity contribution in [2.24, 2.45) is 0 Å². The molecular formula is C12H20O4SSi. The molecule has 0 fully saturated rings. The molecule has 0 radical (unpaired) electrons. The Kier molecular flexibility index (Phi) is 5.09. The third-order valence-electron chi connectivity index (χ3n) is 2.17. The van der Waals surface area contributed by atoms with Gasteiger partial charge in [-0.25, -0.2) is 0 Å². The maximum atomic E-state index is 11.8. The van der Waals surface area contributed by atoms with Gasteiger partial charge >= 0.3 is 0 Å². The van der Waals surface area contributed by atoms with Crippen LogP contribution in [0.25, 0.3) is 0 Å². The molecule has 0 saturated heterocycles. The highest BCUT2D eigenvalue weighted by Crippen LogP contribution is 2.13. The summed E-state index contributed by atoms with van der Waals surface area (Å²) in [6, 6.07) is 6.58. The van der Waals surface area contributed by atoms with E-state index in [4.69, 9.17) is 8.61 Å². The molecule has 0 aliphatic rings. The van der Waals surface area contributed by atoms with Crippen LogP contribution in [0.1, 0.15) is 5.56 Å². The zero-order valence-corrected chi connectivity index (χ0v) is 13.1. The second-order valence-electron chi connectivity index (χ2n) is 5.05. The van der Waals surface area contributed by atoms with Crippen LogP contribution >= 0.6 is 0 Å². The van der Waals surface area contributed by atoms with Gasteiger partial charge in [-0.3, -0.25) is 4.18 Å². The second kappa shape index (κ2) is 5.97. The summed E-state index contributed by atoms with van der Waals surface area (Å²) in [7, 11) is -5.27. The van der Waals surface area contributed by atoms with E-state index in [-0.39, 0.29) is 11.5 Å². The zero-order chi connectivity index (χ0) is 13.8. The Morgan fingerprint density at radius 3 is 2.11 bits per heavy atom. The lowest BCUT2D eigenvalue weighted by Crippen LogP contribution is -2.27. The van der Waals surface area contributed by atoms with Crippen LogP contribution in [0.15, 0.2) is 29.2 Å². The highest BCUT2D eigenvalue weighted by Gasteiger charge is 2.17. The van der Waals surface area contributed by atoms with E-state index in [0.29, 0.717) is 6.61 Å². The van der Waals surface area contributed by atoms with Crippen molar-refractivity contribution in [2.45, 2.75) is 31.5 Å². The fourth-order valence-electron chi connectivity index (χ4n) is 1.26. The predicted molar refractivity (Wildman–Crippen MR) is 73.6 cm³/mol. The molecule has 6 heteroatoms. The minimum Gasteiger partial charge on any atom is -0.415 e. The summed E-state index contributed by atoms with van der Waals surface area (Å²) in [6.07, 6.45) is 0. The quantitative estimate of drug-likeness (QED) is 0.458. The SMILES string of the molecule is Cc1ccc(S(=O)(=O)OCCO[Si](C)(C)C)cc1. The van der Waals surface area contributed by atoms with Gasteiger partial charge < -0.3 is 4.43 Å². The molecule has 18 heavy (non-hydrogen) atoms. The molecule has 1 rings (SSSR count). The van der Waals surface area contributed by atoms with Crippen LogP contribution in [0.4, 0.5) is 0 Å². The van der Waals surface area contributed by atoms with Gasteiger partial charge in [-0.1, -0.05) is 17.7 Å². The van der Waals surface area contributed by atoms with Crippen LogP contribution in [0.3, 0.4) is 0 Å². The molecule has 0 aliphatic carbocycles. The summed E-state index contributed by atoms with van der Waals surface area (Å²) in [6.45, 7) is 8.39. The first-order chi connectivity index (χ1) is 8.21. The molecule has 0 saturated carbocycles. The fourth-order valence-corrected chi connectivity index (χ4v) is 2.85. The third kappa shape index (κ3) is 5.30. The topological polar surface area (TPSA) is 52.6 Å². The standard InChI is InChI=1S/C12H20O4SSi/c1-11-5-7-12(8-6-11)17(13,14)15-9-10-16-18(2,3)4/h5-8H,9-10H2,1-4H3. The van der Waals surface area contributed by atoms with Crippen molar-refractivity contribution in [3.05, 3.63) is 29.8 Å². The first-order valence-corrected chi connectivity index (χ1v) is 10.6. The van der Waals surface area contributed by atoms with Crippen LogP contribution in [-0.2, 0) is 18.7 Å². The summed E-state index contributed by atoms with van der Waals surface area (Å²) >= 11 is 0. The molecule has 102 valence electrons. The van der Waals surface area contributed by atoms with Gasteiger partial charge in [-0.05, 0) is 38.7 Å². The lowest BCUT2D eigenvalue weighted by Gasteiger charge is -2.16. The fraction of sp³-hybridized carbons (Fsp3) is 0.500. The van der Waals surface area contributed by atoms with E-state index >= 15 is 0 Å². The van der Waals surface area contributed by atoms with E-state index in [0.717, 1.165) is 5.56 Å². The Hall–Kier alpha value is -0.693. The van der Waals surface area contributed by atoms with E-state index in [2.05, 4.69) is 0 Å². The maximum Gasteiger partial charge on any atom is 0.297 e. The summed E-state index contributed by atoms with van der Waals surface area (Å²) in [5.41, 5.74) is 1.01. The Bertz CT molecular complexity index is 474. The minimum absolute atomic E-state index is 0.0560. The van der Waals surface area contributed by atoms with Gasteiger partial charge in [0.25, 0.3) is 10.1 Å². The van der Waals surface area contributed by atoms with E-state index in [9.17, 15) is 8.42 Å².